The number of rotatable bonds is 8. The number of methoxy groups -OCH3 is 1. The SMILES string of the molecule is CNC1(C(=O)OC)CCC(OCCOCC(C)C)C1. The molecule has 19 heavy (non-hydrogen) atoms. The van der Waals surface area contributed by atoms with Crippen LogP contribution in [0.15, 0.2) is 0 Å². The average Bonchev–Trinajstić information content (AvgIpc) is 2.82. The Morgan fingerprint density at radius 2 is 2.16 bits per heavy atom. The lowest BCUT2D eigenvalue weighted by atomic mass is 9.98. The molecule has 0 radical (unpaired) electrons. The highest BCUT2D eigenvalue weighted by molar-refractivity contribution is 5.81. The van der Waals surface area contributed by atoms with E-state index >= 15 is 0 Å². The molecule has 1 rings (SSSR count). The Hall–Kier alpha value is -0.650. The van der Waals surface area contributed by atoms with Gasteiger partial charge in [-0.25, -0.2) is 0 Å². The lowest BCUT2D eigenvalue weighted by Crippen LogP contribution is -2.49. The van der Waals surface area contributed by atoms with Crippen LogP contribution in [0.4, 0.5) is 0 Å². The van der Waals surface area contributed by atoms with E-state index in [0.29, 0.717) is 25.6 Å². The van der Waals surface area contributed by atoms with E-state index in [1.807, 2.05) is 0 Å². The van der Waals surface area contributed by atoms with Crippen molar-refractivity contribution in [2.45, 2.75) is 44.8 Å². The van der Waals surface area contributed by atoms with Crippen molar-refractivity contribution in [2.75, 3.05) is 34.0 Å². The molecule has 0 amide bonds. The summed E-state index contributed by atoms with van der Waals surface area (Å²) < 4.78 is 16.1. The highest BCUT2D eigenvalue weighted by Gasteiger charge is 2.45. The topological polar surface area (TPSA) is 56.8 Å². The molecule has 1 aliphatic carbocycles. The summed E-state index contributed by atoms with van der Waals surface area (Å²) in [4.78, 5) is 11.8. The fourth-order valence-electron chi connectivity index (χ4n) is 2.45. The predicted octanol–water partition coefficient (Wildman–Crippen LogP) is 1.36. The number of nitrogens with one attached hydrogen (secondary N) is 1. The number of carbonyl (C=O) groups is 1. The van der Waals surface area contributed by atoms with Crippen molar-refractivity contribution < 1.29 is 19.0 Å². The highest BCUT2D eigenvalue weighted by atomic mass is 16.5. The average molecular weight is 273 g/mol. The summed E-state index contributed by atoms with van der Waals surface area (Å²) in [7, 11) is 3.22. The zero-order valence-electron chi connectivity index (χ0n) is 12.5. The van der Waals surface area contributed by atoms with Crippen LogP contribution in [-0.4, -0.2) is 51.6 Å². The molecule has 5 nitrogen and oxygen atoms in total. The summed E-state index contributed by atoms with van der Waals surface area (Å²) in [5, 5.41) is 3.09. The third kappa shape index (κ3) is 4.75. The first-order chi connectivity index (χ1) is 9.04. The van der Waals surface area contributed by atoms with E-state index in [-0.39, 0.29) is 12.1 Å². The molecule has 2 atom stereocenters. The van der Waals surface area contributed by atoms with Crippen LogP contribution in [-0.2, 0) is 19.0 Å². The zero-order valence-corrected chi connectivity index (χ0v) is 12.5. The van der Waals surface area contributed by atoms with Crippen molar-refractivity contribution in [3.05, 3.63) is 0 Å². The standard InChI is InChI=1S/C14H27NO4/c1-11(2)10-18-7-8-19-12-5-6-14(9-12,15-3)13(16)17-4/h11-12,15H,5-10H2,1-4H3. The van der Waals surface area contributed by atoms with Crippen LogP contribution in [0.1, 0.15) is 33.1 Å². The molecule has 0 spiro atoms. The van der Waals surface area contributed by atoms with Gasteiger partial charge in [-0.1, -0.05) is 13.8 Å². The minimum Gasteiger partial charge on any atom is -0.468 e. The Balaban J connectivity index is 2.26. The van der Waals surface area contributed by atoms with Crippen LogP contribution in [0.25, 0.3) is 0 Å². The maximum absolute atomic E-state index is 11.8. The first-order valence-corrected chi connectivity index (χ1v) is 7.00. The molecule has 0 aromatic rings. The van der Waals surface area contributed by atoms with Gasteiger partial charge in [0.25, 0.3) is 0 Å². The van der Waals surface area contributed by atoms with Crippen molar-refractivity contribution in [1.82, 2.24) is 5.32 Å². The summed E-state index contributed by atoms with van der Waals surface area (Å²) in [5.41, 5.74) is -0.571. The van der Waals surface area contributed by atoms with E-state index in [0.717, 1.165) is 19.4 Å². The second-order valence-electron chi connectivity index (χ2n) is 5.53. The fraction of sp³-hybridized carbons (Fsp3) is 0.929. The number of hydrogen-bond acceptors (Lipinski definition) is 5. The van der Waals surface area contributed by atoms with Crippen LogP contribution in [0.5, 0.6) is 0 Å². The van der Waals surface area contributed by atoms with E-state index in [4.69, 9.17) is 14.2 Å². The van der Waals surface area contributed by atoms with Crippen molar-refractivity contribution in [3.63, 3.8) is 0 Å². The largest absolute Gasteiger partial charge is 0.468 e. The van der Waals surface area contributed by atoms with Gasteiger partial charge in [0.1, 0.15) is 5.54 Å². The second kappa shape index (κ2) is 7.82. The van der Waals surface area contributed by atoms with Gasteiger partial charge < -0.3 is 19.5 Å². The second-order valence-corrected chi connectivity index (χ2v) is 5.53. The molecule has 0 bridgehead atoms. The summed E-state index contributed by atoms with van der Waals surface area (Å²) in [6.07, 6.45) is 2.41. The van der Waals surface area contributed by atoms with Gasteiger partial charge in [0, 0.05) is 13.0 Å². The molecule has 1 saturated carbocycles. The zero-order chi connectivity index (χ0) is 14.3. The van der Waals surface area contributed by atoms with Gasteiger partial charge in [0.15, 0.2) is 0 Å². The smallest absolute Gasteiger partial charge is 0.326 e. The van der Waals surface area contributed by atoms with Gasteiger partial charge in [-0.05, 0) is 25.8 Å². The number of esters is 1. The Labute approximate surface area is 116 Å². The van der Waals surface area contributed by atoms with Gasteiger partial charge >= 0.3 is 5.97 Å². The highest BCUT2D eigenvalue weighted by Crippen LogP contribution is 2.32. The fourth-order valence-corrected chi connectivity index (χ4v) is 2.45. The Bertz CT molecular complexity index is 283. The van der Waals surface area contributed by atoms with E-state index in [9.17, 15) is 4.79 Å². The summed E-state index contributed by atoms with van der Waals surface area (Å²) in [6.45, 7) is 6.19. The number of carbonyl (C=O) groups excluding carboxylic acids is 1. The van der Waals surface area contributed by atoms with Gasteiger partial charge in [-0.2, -0.15) is 0 Å². The minimum atomic E-state index is -0.571. The predicted molar refractivity (Wildman–Crippen MR) is 73.1 cm³/mol. The summed E-state index contributed by atoms with van der Waals surface area (Å²) in [6, 6.07) is 0. The third-order valence-corrected chi connectivity index (χ3v) is 3.56. The molecule has 112 valence electrons. The molecule has 0 aromatic heterocycles. The molecule has 1 aliphatic rings. The van der Waals surface area contributed by atoms with Gasteiger partial charge in [-0.3, -0.25) is 4.79 Å². The molecule has 0 heterocycles. The maximum atomic E-state index is 11.8. The molecule has 1 fully saturated rings. The number of hydrogen-bond donors (Lipinski definition) is 1. The molecular formula is C14H27NO4. The normalized spacial score (nSPS) is 26.9. The van der Waals surface area contributed by atoms with Gasteiger partial charge in [0.05, 0.1) is 26.4 Å². The first-order valence-electron chi connectivity index (χ1n) is 7.00. The van der Waals surface area contributed by atoms with Crippen LogP contribution < -0.4 is 5.32 Å². The lowest BCUT2D eigenvalue weighted by molar-refractivity contribution is -0.148. The molecule has 0 saturated heterocycles. The van der Waals surface area contributed by atoms with Crippen molar-refractivity contribution >= 4 is 5.97 Å². The summed E-state index contributed by atoms with van der Waals surface area (Å²) in [5.74, 6) is 0.347. The Morgan fingerprint density at radius 1 is 1.42 bits per heavy atom. The van der Waals surface area contributed by atoms with Crippen LogP contribution >= 0.6 is 0 Å². The molecule has 1 N–H and O–H groups in total. The third-order valence-electron chi connectivity index (χ3n) is 3.56. The number of ether oxygens (including phenoxy) is 3. The van der Waals surface area contributed by atoms with Gasteiger partial charge in [-0.15, -0.1) is 0 Å². The quantitative estimate of drug-likeness (QED) is 0.534. The maximum Gasteiger partial charge on any atom is 0.326 e. The van der Waals surface area contributed by atoms with E-state index < -0.39 is 5.54 Å². The molecule has 5 heteroatoms. The van der Waals surface area contributed by atoms with Crippen LogP contribution in [0.2, 0.25) is 0 Å². The van der Waals surface area contributed by atoms with Crippen molar-refractivity contribution in [2.24, 2.45) is 5.92 Å². The van der Waals surface area contributed by atoms with Crippen molar-refractivity contribution in [1.29, 1.82) is 0 Å². The Kier molecular flexibility index (Phi) is 6.75. The molecular weight excluding hydrogens is 246 g/mol. The van der Waals surface area contributed by atoms with E-state index in [1.54, 1.807) is 7.05 Å². The monoisotopic (exact) mass is 273 g/mol. The minimum absolute atomic E-state index is 0.106. The van der Waals surface area contributed by atoms with Crippen LogP contribution in [0.3, 0.4) is 0 Å². The molecule has 0 aromatic carbocycles. The Morgan fingerprint density at radius 3 is 2.74 bits per heavy atom. The van der Waals surface area contributed by atoms with E-state index in [2.05, 4.69) is 19.2 Å². The van der Waals surface area contributed by atoms with Crippen molar-refractivity contribution in [3.8, 4) is 0 Å². The van der Waals surface area contributed by atoms with E-state index in [1.165, 1.54) is 7.11 Å². The number of likely N-dealkylation sites (N-methyl/N-ethyl adjacent to an activating group) is 1. The molecule has 0 aliphatic heterocycles. The van der Waals surface area contributed by atoms with Crippen LogP contribution in [0, 0.1) is 5.92 Å². The molecule has 2 unspecified atom stereocenters. The lowest BCUT2D eigenvalue weighted by Gasteiger charge is -2.25. The van der Waals surface area contributed by atoms with Gasteiger partial charge in [0.2, 0.25) is 0 Å². The first kappa shape index (κ1) is 16.4. The summed E-state index contributed by atoms with van der Waals surface area (Å²) >= 11 is 0.